The van der Waals surface area contributed by atoms with Gasteiger partial charge in [-0.3, -0.25) is 9.36 Å². The summed E-state index contributed by atoms with van der Waals surface area (Å²) in [7, 11) is 1.64. The van der Waals surface area contributed by atoms with Gasteiger partial charge in [-0.05, 0) is 38.0 Å². The Morgan fingerprint density at radius 1 is 1.40 bits per heavy atom. The van der Waals surface area contributed by atoms with Crippen LogP contribution in [0.15, 0.2) is 33.6 Å². The second-order valence-electron chi connectivity index (χ2n) is 6.51. The van der Waals surface area contributed by atoms with Crippen LogP contribution in [0.5, 0.6) is 0 Å². The number of benzene rings is 1. The molecule has 1 aliphatic heterocycles. The van der Waals surface area contributed by atoms with E-state index in [9.17, 15) is 9.59 Å². The third kappa shape index (κ3) is 2.89. The SMILES string of the molecule is Cc1cnc([C@H]2CCCN(C(=O)c3ccc4oc(=O)n(C)c4c3)C2)s1. The summed E-state index contributed by atoms with van der Waals surface area (Å²) in [6.07, 6.45) is 3.93. The van der Waals surface area contributed by atoms with E-state index in [4.69, 9.17) is 4.42 Å². The van der Waals surface area contributed by atoms with Crippen LogP contribution in [0.1, 0.15) is 39.0 Å². The average Bonchev–Trinajstić information content (AvgIpc) is 3.18. The average molecular weight is 357 g/mol. The number of oxazole rings is 1. The fourth-order valence-corrected chi connectivity index (χ4v) is 4.27. The number of amides is 1. The number of piperidine rings is 1. The lowest BCUT2D eigenvalue weighted by Gasteiger charge is -2.32. The van der Waals surface area contributed by atoms with Crippen molar-refractivity contribution in [2.45, 2.75) is 25.7 Å². The monoisotopic (exact) mass is 357 g/mol. The van der Waals surface area contributed by atoms with E-state index in [1.165, 1.54) is 9.44 Å². The van der Waals surface area contributed by atoms with Crippen molar-refractivity contribution in [1.29, 1.82) is 0 Å². The van der Waals surface area contributed by atoms with E-state index in [-0.39, 0.29) is 5.91 Å². The van der Waals surface area contributed by atoms with Crippen molar-refractivity contribution in [3.8, 4) is 0 Å². The molecule has 7 heteroatoms. The molecule has 0 unspecified atom stereocenters. The molecule has 3 aromatic rings. The van der Waals surface area contributed by atoms with E-state index in [0.717, 1.165) is 24.4 Å². The van der Waals surface area contributed by atoms with Gasteiger partial charge in [0.1, 0.15) is 0 Å². The maximum Gasteiger partial charge on any atom is 0.419 e. The number of aromatic nitrogens is 2. The number of carbonyl (C=O) groups excluding carboxylic acids is 1. The highest BCUT2D eigenvalue weighted by atomic mass is 32.1. The first-order valence-corrected chi connectivity index (χ1v) is 9.16. The zero-order valence-electron chi connectivity index (χ0n) is 14.2. The molecule has 3 heterocycles. The quantitative estimate of drug-likeness (QED) is 0.707. The summed E-state index contributed by atoms with van der Waals surface area (Å²) in [5.74, 6) is -0.122. The number of hydrogen-bond donors (Lipinski definition) is 0. The van der Waals surface area contributed by atoms with E-state index in [0.29, 0.717) is 29.1 Å². The number of thiazole rings is 1. The van der Waals surface area contributed by atoms with Crippen LogP contribution in [0.25, 0.3) is 11.1 Å². The van der Waals surface area contributed by atoms with Gasteiger partial charge in [-0.2, -0.15) is 0 Å². The van der Waals surface area contributed by atoms with Crippen LogP contribution in [-0.2, 0) is 7.05 Å². The van der Waals surface area contributed by atoms with Crippen molar-refractivity contribution in [1.82, 2.24) is 14.5 Å². The predicted molar refractivity (Wildman–Crippen MR) is 96.2 cm³/mol. The summed E-state index contributed by atoms with van der Waals surface area (Å²) >= 11 is 1.71. The molecule has 6 nitrogen and oxygen atoms in total. The lowest BCUT2D eigenvalue weighted by Crippen LogP contribution is -2.39. The fraction of sp³-hybridized carbons (Fsp3) is 0.389. The van der Waals surface area contributed by atoms with E-state index in [2.05, 4.69) is 11.9 Å². The van der Waals surface area contributed by atoms with Gasteiger partial charge in [0, 0.05) is 42.7 Å². The molecule has 0 spiro atoms. The van der Waals surface area contributed by atoms with E-state index in [1.54, 1.807) is 36.6 Å². The van der Waals surface area contributed by atoms with Crippen molar-refractivity contribution in [3.05, 3.63) is 50.4 Å². The Bertz CT molecular complexity index is 1000. The molecule has 1 atom stereocenters. The molecular weight excluding hydrogens is 338 g/mol. The largest absolute Gasteiger partial charge is 0.419 e. The van der Waals surface area contributed by atoms with Gasteiger partial charge in [0.05, 0.1) is 10.5 Å². The smallest absolute Gasteiger partial charge is 0.408 e. The van der Waals surface area contributed by atoms with Crippen molar-refractivity contribution < 1.29 is 9.21 Å². The molecule has 0 bridgehead atoms. The molecule has 1 amide bonds. The number of hydrogen-bond acceptors (Lipinski definition) is 5. The highest BCUT2D eigenvalue weighted by Gasteiger charge is 2.27. The van der Waals surface area contributed by atoms with E-state index >= 15 is 0 Å². The Hall–Kier alpha value is -2.41. The number of carbonyl (C=O) groups is 1. The molecule has 0 aliphatic carbocycles. The Labute approximate surface area is 148 Å². The second kappa shape index (κ2) is 6.15. The third-order valence-electron chi connectivity index (χ3n) is 4.74. The molecule has 0 saturated carbocycles. The standard InChI is InChI=1S/C18H19N3O3S/c1-11-9-19-16(25-11)13-4-3-7-21(10-13)17(22)12-5-6-15-14(8-12)20(2)18(23)24-15/h5-6,8-9,13H,3-4,7,10H2,1-2H3/t13-/m0/s1. The first-order chi connectivity index (χ1) is 12.0. The Kier molecular flexibility index (Phi) is 3.95. The first-order valence-electron chi connectivity index (χ1n) is 8.34. The minimum Gasteiger partial charge on any atom is -0.408 e. The van der Waals surface area contributed by atoms with Crippen molar-refractivity contribution in [2.75, 3.05) is 13.1 Å². The lowest BCUT2D eigenvalue weighted by atomic mass is 9.98. The number of rotatable bonds is 2. The first kappa shape index (κ1) is 16.1. The second-order valence-corrected chi connectivity index (χ2v) is 7.78. The molecule has 4 rings (SSSR count). The lowest BCUT2D eigenvalue weighted by molar-refractivity contribution is 0.0707. The Balaban J connectivity index is 1.59. The molecular formula is C18H19N3O3S. The van der Waals surface area contributed by atoms with Crippen LogP contribution in [0.3, 0.4) is 0 Å². The van der Waals surface area contributed by atoms with Gasteiger partial charge in [0.25, 0.3) is 5.91 Å². The Morgan fingerprint density at radius 2 is 2.24 bits per heavy atom. The maximum absolute atomic E-state index is 12.9. The minimum absolute atomic E-state index is 0.00599. The van der Waals surface area contributed by atoms with Crippen LogP contribution in [-0.4, -0.2) is 33.4 Å². The summed E-state index contributed by atoms with van der Waals surface area (Å²) in [6.45, 7) is 3.49. The molecule has 1 aromatic carbocycles. The van der Waals surface area contributed by atoms with Gasteiger partial charge < -0.3 is 9.32 Å². The zero-order chi connectivity index (χ0) is 17.6. The minimum atomic E-state index is -0.420. The number of fused-ring (bicyclic) bond motifs is 1. The van der Waals surface area contributed by atoms with Crippen LogP contribution >= 0.6 is 11.3 Å². The number of likely N-dealkylation sites (tertiary alicyclic amines) is 1. The van der Waals surface area contributed by atoms with Gasteiger partial charge in [0.15, 0.2) is 5.58 Å². The van der Waals surface area contributed by atoms with Gasteiger partial charge >= 0.3 is 5.76 Å². The summed E-state index contributed by atoms with van der Waals surface area (Å²) in [6, 6.07) is 5.15. The van der Waals surface area contributed by atoms with Crippen LogP contribution < -0.4 is 5.76 Å². The third-order valence-corrected chi connectivity index (χ3v) is 5.81. The maximum atomic E-state index is 12.9. The van der Waals surface area contributed by atoms with Crippen molar-refractivity contribution >= 4 is 28.3 Å². The van der Waals surface area contributed by atoms with Gasteiger partial charge in [-0.25, -0.2) is 9.78 Å². The number of nitrogens with zero attached hydrogens (tertiary/aromatic N) is 3. The highest BCUT2D eigenvalue weighted by Crippen LogP contribution is 2.30. The predicted octanol–water partition coefficient (Wildman–Crippen LogP) is 2.92. The zero-order valence-corrected chi connectivity index (χ0v) is 15.0. The fourth-order valence-electron chi connectivity index (χ4n) is 3.37. The molecule has 0 N–H and O–H groups in total. The summed E-state index contributed by atoms with van der Waals surface area (Å²) in [4.78, 5) is 32.1. The van der Waals surface area contributed by atoms with E-state index in [1.807, 2.05) is 11.1 Å². The molecule has 130 valence electrons. The van der Waals surface area contributed by atoms with Crippen LogP contribution in [0.4, 0.5) is 0 Å². The van der Waals surface area contributed by atoms with Crippen molar-refractivity contribution in [3.63, 3.8) is 0 Å². The molecule has 25 heavy (non-hydrogen) atoms. The molecule has 1 saturated heterocycles. The topological polar surface area (TPSA) is 68.3 Å². The summed E-state index contributed by atoms with van der Waals surface area (Å²) in [5, 5.41) is 1.11. The van der Waals surface area contributed by atoms with Crippen LogP contribution in [0, 0.1) is 6.92 Å². The van der Waals surface area contributed by atoms with Gasteiger partial charge in [0.2, 0.25) is 0 Å². The molecule has 1 fully saturated rings. The van der Waals surface area contributed by atoms with Gasteiger partial charge in [-0.15, -0.1) is 11.3 Å². The van der Waals surface area contributed by atoms with Crippen molar-refractivity contribution in [2.24, 2.45) is 7.05 Å². The van der Waals surface area contributed by atoms with Crippen LogP contribution in [0.2, 0.25) is 0 Å². The van der Waals surface area contributed by atoms with Gasteiger partial charge in [-0.1, -0.05) is 0 Å². The molecule has 1 aliphatic rings. The molecule has 0 radical (unpaired) electrons. The Morgan fingerprint density at radius 3 is 3.00 bits per heavy atom. The summed E-state index contributed by atoms with van der Waals surface area (Å²) in [5.41, 5.74) is 1.72. The number of aryl methyl sites for hydroxylation is 2. The molecule has 2 aromatic heterocycles. The highest BCUT2D eigenvalue weighted by molar-refractivity contribution is 7.11. The van der Waals surface area contributed by atoms with E-state index < -0.39 is 5.76 Å². The summed E-state index contributed by atoms with van der Waals surface area (Å²) < 4.78 is 6.55. The normalized spacial score (nSPS) is 18.0.